The Morgan fingerprint density at radius 3 is 2.76 bits per heavy atom. The lowest BCUT2D eigenvalue weighted by atomic mass is 9.99. The molecule has 0 amide bonds. The summed E-state index contributed by atoms with van der Waals surface area (Å²) in [4.78, 5) is 12.4. The van der Waals surface area contributed by atoms with E-state index in [1.165, 1.54) is 0 Å². The van der Waals surface area contributed by atoms with Gasteiger partial charge in [0, 0.05) is 24.6 Å². The highest BCUT2D eigenvalue weighted by molar-refractivity contribution is 6.33. The lowest BCUT2D eigenvalue weighted by Crippen LogP contribution is -2.13. The normalized spacial score (nSPS) is 19.8. The average Bonchev–Trinajstić information content (AvgIpc) is 2.56. The Labute approximate surface area is 151 Å². The minimum Gasteiger partial charge on any atom is -0.507 e. The van der Waals surface area contributed by atoms with Gasteiger partial charge in [-0.25, -0.2) is 4.79 Å². The van der Waals surface area contributed by atoms with Crippen LogP contribution in [-0.2, 0) is 11.2 Å². The van der Waals surface area contributed by atoms with Crippen LogP contribution in [0.3, 0.4) is 0 Å². The van der Waals surface area contributed by atoms with E-state index in [0.29, 0.717) is 6.42 Å². The van der Waals surface area contributed by atoms with E-state index in [4.69, 9.17) is 21.7 Å². The Bertz CT molecular complexity index is 765. The third-order valence-corrected chi connectivity index (χ3v) is 4.26. The molecule has 1 aromatic carbocycles. The van der Waals surface area contributed by atoms with Gasteiger partial charge in [-0.1, -0.05) is 36.4 Å². The predicted molar refractivity (Wildman–Crippen MR) is 97.8 cm³/mol. The van der Waals surface area contributed by atoms with E-state index in [0.717, 1.165) is 24.5 Å². The van der Waals surface area contributed by atoms with Gasteiger partial charge in [-0.05, 0) is 30.1 Å². The number of allylic oxidation sites excluding steroid dienone is 4. The van der Waals surface area contributed by atoms with Gasteiger partial charge in [0.15, 0.2) is 0 Å². The molecule has 0 fully saturated rings. The summed E-state index contributed by atoms with van der Waals surface area (Å²) in [6.07, 6.45) is 9.27. The monoisotopic (exact) mass is 361 g/mol. The number of phenols is 2. The number of aromatic hydroxyl groups is 2. The van der Waals surface area contributed by atoms with E-state index in [1.807, 2.05) is 12.2 Å². The molecule has 3 N–H and O–H groups in total. The van der Waals surface area contributed by atoms with E-state index >= 15 is 0 Å². The topological polar surface area (TPSA) is 90.6 Å². The number of nitrogens with one attached hydrogen (secondary N) is 1. The maximum atomic E-state index is 12.4. The lowest BCUT2D eigenvalue weighted by molar-refractivity contribution is 0.0505. The molecule has 6 heteroatoms. The standard InChI is InChI=1S/C19H20ClNO4/c1-2-12-6-4-3-5-7-13(21)10-14-17(19(24)25-9-8-12)15(22)11-16(23)18(14)20/h2,5-7,11,21-23H,1,3-4,8-10H2/b7-5+,12-6+,21-13?. The molecule has 0 unspecified atom stereocenters. The number of fused-ring (bicyclic) bond motifs is 1. The van der Waals surface area contributed by atoms with Crippen molar-refractivity contribution in [3.05, 3.63) is 58.7 Å². The van der Waals surface area contributed by atoms with E-state index in [2.05, 4.69) is 6.58 Å². The number of carbonyl (C=O) groups excluding carboxylic acids is 1. The molecule has 1 aliphatic heterocycles. The minimum absolute atomic E-state index is 0.00449. The molecule has 132 valence electrons. The van der Waals surface area contributed by atoms with Gasteiger partial charge in [0.05, 0.1) is 11.6 Å². The highest BCUT2D eigenvalue weighted by Gasteiger charge is 2.24. The van der Waals surface area contributed by atoms with Crippen molar-refractivity contribution in [2.75, 3.05) is 6.61 Å². The van der Waals surface area contributed by atoms with E-state index in [-0.39, 0.29) is 40.6 Å². The predicted octanol–water partition coefficient (Wildman–Crippen LogP) is 4.32. The number of cyclic esters (lactones) is 1. The van der Waals surface area contributed by atoms with Crippen LogP contribution < -0.4 is 0 Å². The van der Waals surface area contributed by atoms with Crippen molar-refractivity contribution >= 4 is 23.3 Å². The Balaban J connectivity index is 2.44. The second kappa shape index (κ2) is 8.53. The van der Waals surface area contributed by atoms with Crippen molar-refractivity contribution in [1.29, 1.82) is 5.41 Å². The molecule has 0 aliphatic carbocycles. The van der Waals surface area contributed by atoms with Crippen LogP contribution in [0.25, 0.3) is 0 Å². The first-order chi connectivity index (χ1) is 11.9. The van der Waals surface area contributed by atoms with Crippen molar-refractivity contribution in [2.45, 2.75) is 25.7 Å². The van der Waals surface area contributed by atoms with Gasteiger partial charge in [-0.2, -0.15) is 0 Å². The molecule has 0 saturated carbocycles. The third-order valence-electron chi connectivity index (χ3n) is 3.84. The molecule has 1 heterocycles. The van der Waals surface area contributed by atoms with Gasteiger partial charge < -0.3 is 20.4 Å². The molecule has 2 rings (SSSR count). The molecule has 0 atom stereocenters. The van der Waals surface area contributed by atoms with E-state index in [9.17, 15) is 15.0 Å². The Kier molecular flexibility index (Phi) is 6.42. The zero-order chi connectivity index (χ0) is 18.4. The van der Waals surface area contributed by atoms with Crippen molar-refractivity contribution < 1.29 is 19.7 Å². The lowest BCUT2D eigenvalue weighted by Gasteiger charge is -2.14. The second-order valence-corrected chi connectivity index (χ2v) is 6.01. The fourth-order valence-electron chi connectivity index (χ4n) is 2.54. The smallest absolute Gasteiger partial charge is 0.342 e. The molecular weight excluding hydrogens is 342 g/mol. The summed E-state index contributed by atoms with van der Waals surface area (Å²) in [7, 11) is 0. The highest BCUT2D eigenvalue weighted by atomic mass is 35.5. The molecule has 0 radical (unpaired) electrons. The van der Waals surface area contributed by atoms with Crippen LogP contribution >= 0.6 is 11.6 Å². The largest absolute Gasteiger partial charge is 0.507 e. The second-order valence-electron chi connectivity index (χ2n) is 5.63. The average molecular weight is 362 g/mol. The first kappa shape index (κ1) is 18.8. The van der Waals surface area contributed by atoms with Gasteiger partial charge in [-0.3, -0.25) is 0 Å². The summed E-state index contributed by atoms with van der Waals surface area (Å²) in [5.74, 6) is -1.52. The van der Waals surface area contributed by atoms with Crippen LogP contribution in [-0.4, -0.2) is 28.5 Å². The number of hydrogen-bond donors (Lipinski definition) is 3. The van der Waals surface area contributed by atoms with E-state index in [1.54, 1.807) is 12.2 Å². The summed E-state index contributed by atoms with van der Waals surface area (Å²) in [5.41, 5.74) is 1.21. The molecule has 0 bridgehead atoms. The van der Waals surface area contributed by atoms with Crippen molar-refractivity contribution in [1.82, 2.24) is 0 Å². The van der Waals surface area contributed by atoms with Gasteiger partial charge >= 0.3 is 5.97 Å². The number of rotatable bonds is 1. The first-order valence-corrected chi connectivity index (χ1v) is 8.27. The van der Waals surface area contributed by atoms with Crippen LogP contribution in [0, 0.1) is 5.41 Å². The minimum atomic E-state index is -0.744. The Morgan fingerprint density at radius 2 is 2.04 bits per heavy atom. The Hall–Kier alpha value is -2.53. The third kappa shape index (κ3) is 4.73. The van der Waals surface area contributed by atoms with Gasteiger partial charge in [0.25, 0.3) is 0 Å². The number of phenolic OH excluding ortho intramolecular Hbond substituents is 2. The summed E-state index contributed by atoms with van der Waals surface area (Å²) < 4.78 is 5.24. The fourth-order valence-corrected chi connectivity index (χ4v) is 2.75. The highest BCUT2D eigenvalue weighted by Crippen LogP contribution is 2.37. The van der Waals surface area contributed by atoms with Crippen LogP contribution in [0.5, 0.6) is 11.5 Å². The van der Waals surface area contributed by atoms with Crippen molar-refractivity contribution in [3.8, 4) is 11.5 Å². The van der Waals surface area contributed by atoms with Crippen LogP contribution in [0.1, 0.15) is 35.2 Å². The number of halogens is 1. The molecule has 25 heavy (non-hydrogen) atoms. The number of hydrogen-bond acceptors (Lipinski definition) is 5. The van der Waals surface area contributed by atoms with Crippen LogP contribution in [0.2, 0.25) is 5.02 Å². The Morgan fingerprint density at radius 1 is 1.28 bits per heavy atom. The fraction of sp³-hybridized carbons (Fsp3) is 0.263. The number of esters is 1. The summed E-state index contributed by atoms with van der Waals surface area (Å²) in [5, 5.41) is 27.9. The van der Waals surface area contributed by atoms with Gasteiger partial charge in [0.1, 0.15) is 17.1 Å². The summed E-state index contributed by atoms with van der Waals surface area (Å²) >= 11 is 6.10. The van der Waals surface area contributed by atoms with Gasteiger partial charge in [-0.15, -0.1) is 0 Å². The molecular formula is C19H20ClNO4. The number of benzene rings is 1. The first-order valence-electron chi connectivity index (χ1n) is 7.90. The summed E-state index contributed by atoms with van der Waals surface area (Å²) in [6, 6.07) is 1.00. The van der Waals surface area contributed by atoms with E-state index < -0.39 is 11.7 Å². The molecule has 0 saturated heterocycles. The molecule has 0 aromatic heterocycles. The van der Waals surface area contributed by atoms with Crippen molar-refractivity contribution in [3.63, 3.8) is 0 Å². The zero-order valence-corrected chi connectivity index (χ0v) is 14.5. The molecule has 1 aromatic rings. The quantitative estimate of drug-likeness (QED) is 0.649. The number of carbonyl (C=O) groups is 1. The van der Waals surface area contributed by atoms with Crippen LogP contribution in [0.15, 0.2) is 42.5 Å². The zero-order valence-electron chi connectivity index (χ0n) is 13.7. The van der Waals surface area contributed by atoms with Gasteiger partial charge in [0.2, 0.25) is 0 Å². The van der Waals surface area contributed by atoms with Crippen LogP contribution in [0.4, 0.5) is 0 Å². The molecule has 1 aliphatic rings. The maximum absolute atomic E-state index is 12.4. The summed E-state index contributed by atoms with van der Waals surface area (Å²) in [6.45, 7) is 3.87. The SMILES string of the molecule is C=C/C1=C\CC/C=C/C(=N)Cc2c(Cl)c(O)cc(O)c2C(=O)OCC1. The maximum Gasteiger partial charge on any atom is 0.342 e. The van der Waals surface area contributed by atoms with Crippen molar-refractivity contribution in [2.24, 2.45) is 0 Å². The molecule has 0 spiro atoms. The number of ether oxygens (including phenoxy) is 1. The molecule has 5 nitrogen and oxygen atoms in total.